The average molecular weight is 345 g/mol. The van der Waals surface area contributed by atoms with Crippen molar-refractivity contribution >= 4 is 10.8 Å². The summed E-state index contributed by atoms with van der Waals surface area (Å²) in [5.74, 6) is 1.58. The molecule has 0 saturated carbocycles. The van der Waals surface area contributed by atoms with Crippen LogP contribution in [0.2, 0.25) is 0 Å². The number of rotatable bonds is 5. The first-order valence-corrected chi connectivity index (χ1v) is 9.55. The predicted octanol–water partition coefficient (Wildman–Crippen LogP) is 3.00. The van der Waals surface area contributed by atoms with Gasteiger partial charge in [0.05, 0.1) is 14.2 Å². The molecule has 1 aliphatic heterocycles. The van der Waals surface area contributed by atoms with Crippen LogP contribution >= 0.6 is 0 Å². The van der Waals surface area contributed by atoms with Crippen LogP contribution in [0, 0.1) is 0 Å². The zero-order valence-corrected chi connectivity index (χ0v) is 15.2. The third-order valence-electron chi connectivity index (χ3n) is 4.46. The van der Waals surface area contributed by atoms with Gasteiger partial charge in [0.25, 0.3) is 0 Å². The monoisotopic (exact) mass is 345 g/mol. The molecule has 24 heavy (non-hydrogen) atoms. The fourth-order valence-corrected chi connectivity index (χ4v) is 3.64. The SMILES string of the molecule is COc1cc2c(cc1OC)CN(Cc1ccc(S(C)=O)cc1)CC2. The lowest BCUT2D eigenvalue weighted by Gasteiger charge is -2.29. The van der Waals surface area contributed by atoms with Gasteiger partial charge in [0.1, 0.15) is 0 Å². The Balaban J connectivity index is 1.73. The van der Waals surface area contributed by atoms with Crippen molar-refractivity contribution in [2.24, 2.45) is 0 Å². The van der Waals surface area contributed by atoms with Crippen molar-refractivity contribution < 1.29 is 13.7 Å². The van der Waals surface area contributed by atoms with E-state index >= 15 is 0 Å². The molecule has 4 nitrogen and oxygen atoms in total. The van der Waals surface area contributed by atoms with E-state index in [0.29, 0.717) is 0 Å². The predicted molar refractivity (Wildman–Crippen MR) is 96.1 cm³/mol. The number of hydrogen-bond acceptors (Lipinski definition) is 4. The Kier molecular flexibility index (Phi) is 5.21. The number of fused-ring (bicyclic) bond motifs is 1. The molecule has 5 heteroatoms. The van der Waals surface area contributed by atoms with Crippen molar-refractivity contribution in [1.82, 2.24) is 4.90 Å². The Morgan fingerprint density at radius 3 is 2.25 bits per heavy atom. The fraction of sp³-hybridized carbons (Fsp3) is 0.368. The first-order valence-electron chi connectivity index (χ1n) is 7.99. The highest BCUT2D eigenvalue weighted by atomic mass is 32.2. The van der Waals surface area contributed by atoms with Crippen LogP contribution in [-0.4, -0.2) is 36.1 Å². The maximum atomic E-state index is 11.5. The van der Waals surface area contributed by atoms with Crippen LogP contribution in [-0.2, 0) is 30.3 Å². The molecular formula is C19H23NO3S. The second-order valence-electron chi connectivity index (χ2n) is 6.03. The lowest BCUT2D eigenvalue weighted by Crippen LogP contribution is -2.30. The van der Waals surface area contributed by atoms with E-state index in [4.69, 9.17) is 9.47 Å². The Morgan fingerprint density at radius 2 is 1.67 bits per heavy atom. The summed E-state index contributed by atoms with van der Waals surface area (Å²) in [6.45, 7) is 2.81. The molecule has 0 radical (unpaired) electrons. The smallest absolute Gasteiger partial charge is 0.161 e. The second kappa shape index (κ2) is 7.36. The van der Waals surface area contributed by atoms with Crippen LogP contribution in [0.3, 0.4) is 0 Å². The van der Waals surface area contributed by atoms with Gasteiger partial charge >= 0.3 is 0 Å². The molecule has 0 bridgehead atoms. The van der Waals surface area contributed by atoms with E-state index in [0.717, 1.165) is 42.4 Å². The Labute approximate surface area is 145 Å². The van der Waals surface area contributed by atoms with Crippen LogP contribution in [0.5, 0.6) is 11.5 Å². The molecule has 1 heterocycles. The molecular weight excluding hydrogens is 322 g/mol. The van der Waals surface area contributed by atoms with E-state index in [1.807, 2.05) is 12.1 Å². The Hall–Kier alpha value is -1.85. The Morgan fingerprint density at radius 1 is 1.04 bits per heavy atom. The largest absolute Gasteiger partial charge is 0.493 e. The highest BCUT2D eigenvalue weighted by Gasteiger charge is 2.19. The molecule has 2 aromatic rings. The average Bonchev–Trinajstić information content (AvgIpc) is 2.60. The molecule has 2 aromatic carbocycles. The van der Waals surface area contributed by atoms with Crippen molar-refractivity contribution in [3.05, 3.63) is 53.1 Å². The van der Waals surface area contributed by atoms with Gasteiger partial charge in [-0.25, -0.2) is 0 Å². The molecule has 0 aromatic heterocycles. The van der Waals surface area contributed by atoms with Gasteiger partial charge < -0.3 is 9.47 Å². The molecule has 0 saturated heterocycles. The standard InChI is InChI=1S/C19H23NO3S/c1-22-18-10-15-8-9-20(13-16(15)11-19(18)23-2)12-14-4-6-17(7-5-14)24(3)21/h4-7,10-11H,8-9,12-13H2,1-3H3. The van der Waals surface area contributed by atoms with E-state index < -0.39 is 10.8 Å². The third-order valence-corrected chi connectivity index (χ3v) is 5.39. The highest BCUT2D eigenvalue weighted by Crippen LogP contribution is 2.33. The van der Waals surface area contributed by atoms with Crippen LogP contribution in [0.1, 0.15) is 16.7 Å². The highest BCUT2D eigenvalue weighted by molar-refractivity contribution is 7.84. The molecule has 0 spiro atoms. The minimum absolute atomic E-state index is 0.785. The molecule has 0 fully saturated rings. The van der Waals surface area contributed by atoms with Gasteiger partial charge in [0.2, 0.25) is 0 Å². The molecule has 3 rings (SSSR count). The lowest BCUT2D eigenvalue weighted by atomic mass is 9.98. The Bertz CT molecular complexity index is 743. The molecule has 0 aliphatic carbocycles. The number of benzene rings is 2. The minimum Gasteiger partial charge on any atom is -0.493 e. The zero-order valence-electron chi connectivity index (χ0n) is 14.4. The van der Waals surface area contributed by atoms with Crippen LogP contribution < -0.4 is 9.47 Å². The van der Waals surface area contributed by atoms with Gasteiger partial charge in [-0.2, -0.15) is 0 Å². The molecule has 0 N–H and O–H groups in total. The van der Waals surface area contributed by atoms with E-state index in [1.54, 1.807) is 20.5 Å². The van der Waals surface area contributed by atoms with Gasteiger partial charge in [0, 0.05) is 41.6 Å². The first kappa shape index (κ1) is 17.0. The maximum Gasteiger partial charge on any atom is 0.161 e. The summed E-state index contributed by atoms with van der Waals surface area (Å²) in [6, 6.07) is 12.2. The fourth-order valence-electron chi connectivity index (χ4n) is 3.12. The van der Waals surface area contributed by atoms with E-state index in [9.17, 15) is 4.21 Å². The molecule has 128 valence electrons. The van der Waals surface area contributed by atoms with Crippen molar-refractivity contribution in [3.63, 3.8) is 0 Å². The summed E-state index contributed by atoms with van der Waals surface area (Å²) >= 11 is 0. The van der Waals surface area contributed by atoms with Crippen molar-refractivity contribution in [1.29, 1.82) is 0 Å². The third kappa shape index (κ3) is 3.62. The lowest BCUT2D eigenvalue weighted by molar-refractivity contribution is 0.244. The summed E-state index contributed by atoms with van der Waals surface area (Å²) < 4.78 is 22.3. The van der Waals surface area contributed by atoms with Gasteiger partial charge in [-0.1, -0.05) is 12.1 Å². The minimum atomic E-state index is -0.920. The van der Waals surface area contributed by atoms with Gasteiger partial charge in [0.15, 0.2) is 11.5 Å². The molecule has 1 aliphatic rings. The topological polar surface area (TPSA) is 38.8 Å². The summed E-state index contributed by atoms with van der Waals surface area (Å²) in [7, 11) is 2.42. The molecule has 1 unspecified atom stereocenters. The number of nitrogens with zero attached hydrogens (tertiary/aromatic N) is 1. The van der Waals surface area contributed by atoms with Gasteiger partial charge in [-0.05, 0) is 47.4 Å². The quantitative estimate of drug-likeness (QED) is 0.835. The van der Waals surface area contributed by atoms with Crippen LogP contribution in [0.25, 0.3) is 0 Å². The van der Waals surface area contributed by atoms with Crippen molar-refractivity contribution in [2.75, 3.05) is 27.0 Å². The van der Waals surface area contributed by atoms with Crippen LogP contribution in [0.4, 0.5) is 0 Å². The van der Waals surface area contributed by atoms with Crippen molar-refractivity contribution in [3.8, 4) is 11.5 Å². The molecule has 1 atom stereocenters. The summed E-state index contributed by atoms with van der Waals surface area (Å²) in [5.41, 5.74) is 3.87. The maximum absolute atomic E-state index is 11.5. The van der Waals surface area contributed by atoms with E-state index in [-0.39, 0.29) is 0 Å². The van der Waals surface area contributed by atoms with E-state index in [1.165, 1.54) is 16.7 Å². The van der Waals surface area contributed by atoms with Gasteiger partial charge in [-0.15, -0.1) is 0 Å². The first-order chi connectivity index (χ1) is 11.6. The number of methoxy groups -OCH3 is 2. The van der Waals surface area contributed by atoms with E-state index in [2.05, 4.69) is 29.2 Å². The number of ether oxygens (including phenoxy) is 2. The second-order valence-corrected chi connectivity index (χ2v) is 7.41. The number of hydrogen-bond donors (Lipinski definition) is 0. The van der Waals surface area contributed by atoms with Crippen LogP contribution in [0.15, 0.2) is 41.3 Å². The van der Waals surface area contributed by atoms with Crippen molar-refractivity contribution in [2.45, 2.75) is 24.4 Å². The summed E-state index contributed by atoms with van der Waals surface area (Å²) in [6.07, 6.45) is 2.71. The van der Waals surface area contributed by atoms with Gasteiger partial charge in [-0.3, -0.25) is 9.11 Å². The summed E-state index contributed by atoms with van der Waals surface area (Å²) in [4.78, 5) is 3.30. The normalized spacial score (nSPS) is 15.6. The molecule has 0 amide bonds. The summed E-state index contributed by atoms with van der Waals surface area (Å²) in [5, 5.41) is 0. The zero-order chi connectivity index (χ0) is 17.1.